The molecule has 20 heavy (non-hydrogen) atoms. The predicted molar refractivity (Wildman–Crippen MR) is 77.8 cm³/mol. The molecule has 2 heterocycles. The Bertz CT molecular complexity index is 806. The summed E-state index contributed by atoms with van der Waals surface area (Å²) in [7, 11) is 0. The van der Waals surface area contributed by atoms with Gasteiger partial charge in [-0.3, -0.25) is 4.98 Å². The molecule has 3 rings (SSSR count). The van der Waals surface area contributed by atoms with Crippen LogP contribution in [0.4, 0.5) is 5.95 Å². The maximum atomic E-state index is 10.2. The van der Waals surface area contributed by atoms with Crippen molar-refractivity contribution in [3.8, 4) is 5.75 Å². The number of phenolic OH excluding ortho intramolecular Hbond substituents is 1. The third-order valence-corrected chi connectivity index (χ3v) is 2.94. The predicted octanol–water partition coefficient (Wildman–Crippen LogP) is 1.91. The monoisotopic (exact) mass is 267 g/mol. The van der Waals surface area contributed by atoms with Crippen molar-refractivity contribution in [2.24, 2.45) is 5.10 Å². The van der Waals surface area contributed by atoms with E-state index >= 15 is 0 Å². The summed E-state index contributed by atoms with van der Waals surface area (Å²) in [5.41, 5.74) is 7.60. The summed E-state index contributed by atoms with van der Waals surface area (Å²) in [6.07, 6.45) is 4.88. The van der Waals surface area contributed by atoms with E-state index in [1.165, 1.54) is 10.9 Å². The Labute approximate surface area is 115 Å². The number of nitrogens with two attached hydrogens (primary N) is 1. The second-order valence-corrected chi connectivity index (χ2v) is 4.41. The molecular formula is C14H13N5O. The Kier molecular flexibility index (Phi) is 2.83. The zero-order valence-corrected chi connectivity index (χ0v) is 10.9. The van der Waals surface area contributed by atoms with Crippen molar-refractivity contribution in [1.82, 2.24) is 14.6 Å². The number of aromatic nitrogens is 3. The molecule has 100 valence electrons. The molecule has 0 saturated carbocycles. The zero-order chi connectivity index (χ0) is 14.1. The van der Waals surface area contributed by atoms with Crippen molar-refractivity contribution >= 4 is 23.1 Å². The topological polar surface area (TPSA) is 89.3 Å². The molecule has 0 saturated heterocycles. The van der Waals surface area contributed by atoms with Gasteiger partial charge in [-0.25, -0.2) is 9.66 Å². The Morgan fingerprint density at radius 2 is 2.20 bits per heavy atom. The van der Waals surface area contributed by atoms with E-state index in [0.29, 0.717) is 17.0 Å². The Morgan fingerprint density at radius 1 is 1.35 bits per heavy atom. The summed E-state index contributed by atoms with van der Waals surface area (Å²) in [4.78, 5) is 8.21. The van der Waals surface area contributed by atoms with E-state index in [9.17, 15) is 5.11 Å². The smallest absolute Gasteiger partial charge is 0.221 e. The summed E-state index contributed by atoms with van der Waals surface area (Å²) >= 11 is 0. The Hall–Kier alpha value is -2.89. The minimum Gasteiger partial charge on any atom is -0.505 e. The fraction of sp³-hybridized carbons (Fsp3) is 0.0714. The number of fused-ring (bicyclic) bond motifs is 1. The molecule has 2 aromatic heterocycles. The van der Waals surface area contributed by atoms with Crippen molar-refractivity contribution in [3.05, 3.63) is 47.9 Å². The lowest BCUT2D eigenvalue weighted by Crippen LogP contribution is -1.97. The SMILES string of the molecule is Cc1cn(N=Cc2ccc3cccnc3c2O)c(N)n1. The van der Waals surface area contributed by atoms with Gasteiger partial charge in [-0.15, -0.1) is 0 Å². The third kappa shape index (κ3) is 2.07. The number of phenols is 1. The molecule has 6 heteroatoms. The van der Waals surface area contributed by atoms with Crippen LogP contribution in [0.1, 0.15) is 11.3 Å². The van der Waals surface area contributed by atoms with E-state index in [-0.39, 0.29) is 5.75 Å². The van der Waals surface area contributed by atoms with Crippen molar-refractivity contribution < 1.29 is 5.11 Å². The molecule has 3 aromatic rings. The number of hydrogen-bond donors (Lipinski definition) is 2. The summed E-state index contributed by atoms with van der Waals surface area (Å²) < 4.78 is 1.46. The molecule has 0 fully saturated rings. The van der Waals surface area contributed by atoms with Gasteiger partial charge in [0.15, 0.2) is 5.75 Å². The Balaban J connectivity index is 2.03. The molecule has 0 aliphatic rings. The van der Waals surface area contributed by atoms with Crippen LogP contribution in [0.15, 0.2) is 41.8 Å². The van der Waals surface area contributed by atoms with Gasteiger partial charge in [0.05, 0.1) is 18.1 Å². The van der Waals surface area contributed by atoms with E-state index in [4.69, 9.17) is 5.73 Å². The minimum absolute atomic E-state index is 0.0993. The highest BCUT2D eigenvalue weighted by atomic mass is 16.3. The van der Waals surface area contributed by atoms with E-state index in [1.54, 1.807) is 18.5 Å². The number of rotatable bonds is 2. The van der Waals surface area contributed by atoms with Crippen molar-refractivity contribution in [1.29, 1.82) is 0 Å². The number of pyridine rings is 1. The highest BCUT2D eigenvalue weighted by molar-refractivity contribution is 5.94. The summed E-state index contributed by atoms with van der Waals surface area (Å²) in [5, 5.41) is 15.2. The van der Waals surface area contributed by atoms with E-state index in [0.717, 1.165) is 11.1 Å². The standard InChI is InChI=1S/C14H13N5O/c1-9-8-19(14(15)18-9)17-7-11-5-4-10-3-2-6-16-12(10)13(11)20/h2-8,20H,1H3,(H2,15,18). The molecule has 0 unspecified atom stereocenters. The van der Waals surface area contributed by atoms with Crippen LogP contribution in [0.3, 0.4) is 0 Å². The molecule has 1 aromatic carbocycles. The van der Waals surface area contributed by atoms with Gasteiger partial charge in [-0.05, 0) is 19.1 Å². The number of nitrogen functional groups attached to an aromatic ring is 1. The minimum atomic E-state index is 0.0993. The van der Waals surface area contributed by atoms with Gasteiger partial charge in [0, 0.05) is 17.1 Å². The Morgan fingerprint density at radius 3 is 2.95 bits per heavy atom. The molecule has 0 atom stereocenters. The number of benzene rings is 1. The normalized spacial score (nSPS) is 11.4. The first-order valence-corrected chi connectivity index (χ1v) is 6.07. The molecule has 0 aliphatic heterocycles. The quantitative estimate of drug-likeness (QED) is 0.694. The summed E-state index contributed by atoms with van der Waals surface area (Å²) in [5.74, 6) is 0.402. The number of aryl methyl sites for hydroxylation is 1. The van der Waals surface area contributed by atoms with Gasteiger partial charge in [0.1, 0.15) is 5.52 Å². The maximum Gasteiger partial charge on any atom is 0.221 e. The molecule has 6 nitrogen and oxygen atoms in total. The largest absolute Gasteiger partial charge is 0.505 e. The fourth-order valence-corrected chi connectivity index (χ4v) is 1.97. The summed E-state index contributed by atoms with van der Waals surface area (Å²) in [6, 6.07) is 7.37. The van der Waals surface area contributed by atoms with Crippen LogP contribution in [0.5, 0.6) is 5.75 Å². The van der Waals surface area contributed by atoms with E-state index < -0.39 is 0 Å². The maximum absolute atomic E-state index is 10.2. The van der Waals surface area contributed by atoms with Crippen LogP contribution in [0.2, 0.25) is 0 Å². The first-order valence-electron chi connectivity index (χ1n) is 6.07. The number of anilines is 1. The molecule has 3 N–H and O–H groups in total. The van der Waals surface area contributed by atoms with Crippen LogP contribution in [0.25, 0.3) is 10.9 Å². The van der Waals surface area contributed by atoms with E-state index in [1.807, 2.05) is 25.1 Å². The van der Waals surface area contributed by atoms with Gasteiger partial charge in [-0.1, -0.05) is 12.1 Å². The lowest BCUT2D eigenvalue weighted by atomic mass is 10.1. The van der Waals surface area contributed by atoms with Gasteiger partial charge in [-0.2, -0.15) is 5.10 Å². The lowest BCUT2D eigenvalue weighted by molar-refractivity contribution is 0.479. The van der Waals surface area contributed by atoms with Crippen LogP contribution in [0, 0.1) is 6.92 Å². The summed E-state index contributed by atoms with van der Waals surface area (Å²) in [6.45, 7) is 1.83. The second kappa shape index (κ2) is 4.65. The fourth-order valence-electron chi connectivity index (χ4n) is 1.97. The van der Waals surface area contributed by atoms with Gasteiger partial charge in [0.25, 0.3) is 0 Å². The molecular weight excluding hydrogens is 254 g/mol. The van der Waals surface area contributed by atoms with Crippen LogP contribution in [-0.4, -0.2) is 26.0 Å². The van der Waals surface area contributed by atoms with Crippen LogP contribution >= 0.6 is 0 Å². The number of imidazole rings is 1. The third-order valence-electron chi connectivity index (χ3n) is 2.94. The van der Waals surface area contributed by atoms with Crippen molar-refractivity contribution in [2.45, 2.75) is 6.92 Å². The number of nitrogens with zero attached hydrogens (tertiary/aromatic N) is 4. The molecule has 0 bridgehead atoms. The first-order chi connectivity index (χ1) is 9.65. The highest BCUT2D eigenvalue weighted by Crippen LogP contribution is 2.25. The average Bonchev–Trinajstić information content (AvgIpc) is 2.77. The lowest BCUT2D eigenvalue weighted by Gasteiger charge is -2.03. The van der Waals surface area contributed by atoms with Crippen molar-refractivity contribution in [3.63, 3.8) is 0 Å². The molecule has 0 aliphatic carbocycles. The number of hydrogen-bond acceptors (Lipinski definition) is 5. The molecule has 0 radical (unpaired) electrons. The first kappa shape index (κ1) is 12.2. The van der Waals surface area contributed by atoms with Crippen LogP contribution < -0.4 is 5.73 Å². The van der Waals surface area contributed by atoms with Crippen molar-refractivity contribution in [2.75, 3.05) is 5.73 Å². The second-order valence-electron chi connectivity index (χ2n) is 4.41. The molecule has 0 amide bonds. The average molecular weight is 267 g/mol. The van der Waals surface area contributed by atoms with Gasteiger partial charge < -0.3 is 10.8 Å². The van der Waals surface area contributed by atoms with Gasteiger partial charge >= 0.3 is 0 Å². The van der Waals surface area contributed by atoms with Gasteiger partial charge in [0.2, 0.25) is 5.95 Å². The molecule has 0 spiro atoms. The van der Waals surface area contributed by atoms with Crippen LogP contribution in [-0.2, 0) is 0 Å². The highest BCUT2D eigenvalue weighted by Gasteiger charge is 2.05. The van der Waals surface area contributed by atoms with E-state index in [2.05, 4.69) is 15.1 Å². The number of aromatic hydroxyl groups is 1. The zero-order valence-electron chi connectivity index (χ0n) is 10.9.